The number of Topliss-reactive ketones (excluding diaryl/α,β-unsaturated/α-hetero) is 1. The van der Waals surface area contributed by atoms with Crippen molar-refractivity contribution in [2.75, 3.05) is 28.2 Å². The van der Waals surface area contributed by atoms with Crippen molar-refractivity contribution in [2.24, 2.45) is 4.99 Å². The van der Waals surface area contributed by atoms with Gasteiger partial charge in [-0.05, 0) is 44.9 Å². The van der Waals surface area contributed by atoms with Gasteiger partial charge in [0.25, 0.3) is 5.56 Å². The molecule has 1 aliphatic rings. The first-order valence-electron chi connectivity index (χ1n) is 13.0. The van der Waals surface area contributed by atoms with Gasteiger partial charge in [-0.2, -0.15) is 0 Å². The lowest BCUT2D eigenvalue weighted by atomic mass is 10.0. The maximum absolute atomic E-state index is 13.3. The van der Waals surface area contributed by atoms with E-state index in [-0.39, 0.29) is 36.4 Å². The number of amides is 2. The molecule has 2 aromatic rings. The summed E-state index contributed by atoms with van der Waals surface area (Å²) in [7, 11) is 6.32. The molecule has 1 atom stereocenters. The van der Waals surface area contributed by atoms with E-state index in [1.54, 1.807) is 38.5 Å². The van der Waals surface area contributed by atoms with Crippen LogP contribution in [0.5, 0.6) is 0 Å². The molecule has 0 spiro atoms. The predicted octanol–water partition coefficient (Wildman–Crippen LogP) is 2.99. The first kappa shape index (κ1) is 30.1. The fraction of sp³-hybridized carbons (Fsp3) is 0.414. The molecule has 2 aromatic heterocycles. The molecule has 40 heavy (non-hydrogen) atoms. The second-order valence-corrected chi connectivity index (χ2v) is 10.2. The molecule has 0 aliphatic carbocycles. The Morgan fingerprint density at radius 3 is 2.55 bits per heavy atom. The summed E-state index contributed by atoms with van der Waals surface area (Å²) in [6.45, 7) is 4.21. The van der Waals surface area contributed by atoms with Crippen molar-refractivity contribution < 1.29 is 19.1 Å². The summed E-state index contributed by atoms with van der Waals surface area (Å²) in [5.41, 5.74) is 4.09. The quantitative estimate of drug-likeness (QED) is 0.395. The van der Waals surface area contributed by atoms with E-state index in [2.05, 4.69) is 9.97 Å². The number of hydrogen-bond donors (Lipinski definition) is 0. The molecule has 3 heterocycles. The van der Waals surface area contributed by atoms with E-state index in [1.165, 1.54) is 40.9 Å². The number of pyridine rings is 1. The van der Waals surface area contributed by atoms with Gasteiger partial charge in [0.15, 0.2) is 11.9 Å². The molecule has 11 nitrogen and oxygen atoms in total. The second-order valence-electron chi connectivity index (χ2n) is 10.2. The van der Waals surface area contributed by atoms with Crippen LogP contribution in [0.4, 0.5) is 10.5 Å². The number of likely N-dealkylation sites (N-methyl/N-ethyl adjacent to an activating group) is 1. The average molecular weight is 549 g/mol. The van der Waals surface area contributed by atoms with E-state index < -0.39 is 18.0 Å². The number of ether oxygens (including phenoxy) is 1. The average Bonchev–Trinajstić information content (AvgIpc) is 3.31. The van der Waals surface area contributed by atoms with Crippen molar-refractivity contribution in [1.29, 1.82) is 0 Å². The molecular formula is C29H36N6O5. The Hall–Kier alpha value is -4.41. The van der Waals surface area contributed by atoms with Crippen LogP contribution in [0.15, 0.2) is 52.2 Å². The van der Waals surface area contributed by atoms with E-state index in [0.29, 0.717) is 18.5 Å². The van der Waals surface area contributed by atoms with E-state index in [1.807, 2.05) is 19.9 Å². The number of rotatable bonds is 11. The molecule has 0 unspecified atom stereocenters. The highest BCUT2D eigenvalue weighted by Crippen LogP contribution is 2.29. The summed E-state index contributed by atoms with van der Waals surface area (Å²) in [6.07, 6.45) is 7.25. The number of hydrogen-bond acceptors (Lipinski definition) is 8. The number of nitrogens with zero attached hydrogens (tertiary/aromatic N) is 6. The lowest BCUT2D eigenvalue weighted by Crippen LogP contribution is -2.35. The van der Waals surface area contributed by atoms with Gasteiger partial charge in [-0.3, -0.25) is 19.4 Å². The van der Waals surface area contributed by atoms with E-state index in [4.69, 9.17) is 9.73 Å². The lowest BCUT2D eigenvalue weighted by molar-refractivity contribution is -0.127. The minimum absolute atomic E-state index is 0.181. The van der Waals surface area contributed by atoms with E-state index >= 15 is 0 Å². The molecule has 0 N–H and O–H groups in total. The maximum Gasteiger partial charge on any atom is 0.409 e. The Balaban J connectivity index is 1.75. The summed E-state index contributed by atoms with van der Waals surface area (Å²) in [5, 5.41) is 0. The van der Waals surface area contributed by atoms with E-state index in [9.17, 15) is 19.2 Å². The Morgan fingerprint density at radius 1 is 1.12 bits per heavy atom. The van der Waals surface area contributed by atoms with Crippen molar-refractivity contribution in [1.82, 2.24) is 24.3 Å². The topological polar surface area (TPSA) is 127 Å². The highest BCUT2D eigenvalue weighted by atomic mass is 16.6. The molecule has 3 rings (SSSR count). The van der Waals surface area contributed by atoms with Crippen LogP contribution in [0.3, 0.4) is 0 Å². The zero-order chi connectivity index (χ0) is 29.4. The third kappa shape index (κ3) is 8.05. The van der Waals surface area contributed by atoms with Crippen molar-refractivity contribution in [2.45, 2.75) is 52.2 Å². The number of carbonyl (C=O) groups excluding carboxylic acids is 3. The van der Waals surface area contributed by atoms with Crippen LogP contribution >= 0.6 is 0 Å². The molecule has 11 heteroatoms. The SMILES string of the molecule is CC(C)=Cc1ncnc2c1N=C(Cn1cccc(CC(=O)[C@H](CC/C=C/C(=O)N(C)C)OC(=O)N(C)C)c1=O)C2. The van der Waals surface area contributed by atoms with Crippen LogP contribution in [-0.4, -0.2) is 82.1 Å². The summed E-state index contributed by atoms with van der Waals surface area (Å²) in [5.74, 6) is -0.585. The number of aliphatic imine (C=N–C) groups is 1. The largest absolute Gasteiger partial charge is 0.438 e. The Labute approximate surface area is 233 Å². The maximum atomic E-state index is 13.3. The standard InChI is InChI=1S/C29H36N6O5/c1-19(2)14-22-27-23(31-18-30-22)16-21(32-27)17-35-13-9-10-20(28(35)38)15-24(36)25(40-29(39)34(5)6)11-7-8-12-26(37)33(3)4/h8-10,12-14,18,25H,7,11,15-17H2,1-6H3/b12-8+/t25-/m0/s1. The van der Waals surface area contributed by atoms with Crippen LogP contribution in [0.25, 0.3) is 6.08 Å². The van der Waals surface area contributed by atoms with Gasteiger partial charge in [-0.1, -0.05) is 17.7 Å². The van der Waals surface area contributed by atoms with Gasteiger partial charge in [0.05, 0.1) is 17.9 Å². The molecule has 0 saturated carbocycles. The lowest BCUT2D eigenvalue weighted by Gasteiger charge is -2.19. The summed E-state index contributed by atoms with van der Waals surface area (Å²) < 4.78 is 6.93. The number of aromatic nitrogens is 3. The Bertz CT molecular complexity index is 1420. The van der Waals surface area contributed by atoms with Crippen molar-refractivity contribution >= 4 is 35.3 Å². The highest BCUT2D eigenvalue weighted by molar-refractivity contribution is 5.94. The zero-order valence-electron chi connectivity index (χ0n) is 23.9. The Kier molecular flexibility index (Phi) is 10.2. The summed E-state index contributed by atoms with van der Waals surface area (Å²) in [4.78, 5) is 66.5. The van der Waals surface area contributed by atoms with Crippen LogP contribution in [0.2, 0.25) is 0 Å². The summed E-state index contributed by atoms with van der Waals surface area (Å²) in [6, 6.07) is 3.30. The molecule has 0 bridgehead atoms. The zero-order valence-corrected chi connectivity index (χ0v) is 23.9. The van der Waals surface area contributed by atoms with Crippen molar-refractivity contribution in [3.8, 4) is 0 Å². The van der Waals surface area contributed by atoms with Gasteiger partial charge in [0.1, 0.15) is 12.0 Å². The number of ketones is 1. The van der Waals surface area contributed by atoms with Gasteiger partial charge < -0.3 is 19.1 Å². The summed E-state index contributed by atoms with van der Waals surface area (Å²) >= 11 is 0. The molecule has 0 aromatic carbocycles. The van der Waals surface area contributed by atoms with Crippen molar-refractivity contribution in [3.05, 3.63) is 69.7 Å². The molecular weight excluding hydrogens is 512 g/mol. The van der Waals surface area contributed by atoms with Gasteiger partial charge in [-0.15, -0.1) is 0 Å². The van der Waals surface area contributed by atoms with Gasteiger partial charge in [0, 0.05) is 58.5 Å². The fourth-order valence-corrected chi connectivity index (χ4v) is 3.98. The fourth-order valence-electron chi connectivity index (χ4n) is 3.98. The molecule has 0 radical (unpaired) electrons. The number of allylic oxidation sites excluding steroid dienone is 2. The number of carbonyl (C=O) groups is 3. The van der Waals surface area contributed by atoms with Crippen LogP contribution in [0, 0.1) is 0 Å². The smallest absolute Gasteiger partial charge is 0.409 e. The third-order valence-electron chi connectivity index (χ3n) is 6.07. The third-order valence-corrected chi connectivity index (χ3v) is 6.07. The molecule has 0 saturated heterocycles. The first-order valence-corrected chi connectivity index (χ1v) is 13.0. The highest BCUT2D eigenvalue weighted by Gasteiger charge is 2.25. The molecule has 0 fully saturated rings. The molecule has 1 aliphatic heterocycles. The van der Waals surface area contributed by atoms with Gasteiger partial charge in [0.2, 0.25) is 5.91 Å². The van der Waals surface area contributed by atoms with Gasteiger partial charge >= 0.3 is 6.09 Å². The van der Waals surface area contributed by atoms with Gasteiger partial charge in [-0.25, -0.2) is 14.8 Å². The van der Waals surface area contributed by atoms with Crippen molar-refractivity contribution in [3.63, 3.8) is 0 Å². The van der Waals surface area contributed by atoms with Crippen LogP contribution < -0.4 is 5.56 Å². The predicted molar refractivity (Wildman–Crippen MR) is 153 cm³/mol. The molecule has 2 amide bonds. The first-order chi connectivity index (χ1) is 19.0. The second kappa shape index (κ2) is 13.6. The van der Waals surface area contributed by atoms with E-state index in [0.717, 1.165) is 22.7 Å². The normalized spacial score (nSPS) is 12.9. The molecule has 212 valence electrons. The van der Waals surface area contributed by atoms with Crippen LogP contribution in [0.1, 0.15) is 43.6 Å². The monoisotopic (exact) mass is 548 g/mol. The minimum atomic E-state index is -1.07. The Morgan fingerprint density at radius 2 is 1.88 bits per heavy atom. The number of fused-ring (bicyclic) bond motifs is 1. The minimum Gasteiger partial charge on any atom is -0.438 e. The van der Waals surface area contributed by atoms with Crippen LogP contribution in [-0.2, 0) is 33.7 Å².